The molecule has 14 heavy (non-hydrogen) atoms. The standard InChI is InChI=1S/C11H20O3/c1-4-5-9(2)7-14-8-10(3)6-11(12)13/h6,9H,4-5,7-8H2,1-3H3,(H,12,13). The zero-order valence-electron chi connectivity index (χ0n) is 9.25. The number of carboxylic acid groups (broad SMARTS) is 1. The summed E-state index contributed by atoms with van der Waals surface area (Å²) in [5.74, 6) is -0.356. The van der Waals surface area contributed by atoms with Crippen LogP contribution in [0.15, 0.2) is 11.6 Å². The minimum Gasteiger partial charge on any atom is -0.478 e. The Morgan fingerprint density at radius 2 is 2.21 bits per heavy atom. The second-order valence-electron chi connectivity index (χ2n) is 3.74. The number of carbonyl (C=O) groups is 1. The second kappa shape index (κ2) is 7.56. The molecule has 0 fully saturated rings. The molecule has 0 heterocycles. The SMILES string of the molecule is CCCC(C)COCC(C)=CC(=O)O. The molecule has 1 atom stereocenters. The molecule has 0 aromatic carbocycles. The fourth-order valence-corrected chi connectivity index (χ4v) is 1.25. The Hall–Kier alpha value is -0.830. The van der Waals surface area contributed by atoms with Gasteiger partial charge in [-0.3, -0.25) is 0 Å². The highest BCUT2D eigenvalue weighted by atomic mass is 16.5. The first kappa shape index (κ1) is 13.2. The quantitative estimate of drug-likeness (QED) is 0.642. The van der Waals surface area contributed by atoms with Gasteiger partial charge in [-0.15, -0.1) is 0 Å². The van der Waals surface area contributed by atoms with Gasteiger partial charge in [0.25, 0.3) is 0 Å². The van der Waals surface area contributed by atoms with Crippen LogP contribution in [0.25, 0.3) is 0 Å². The van der Waals surface area contributed by atoms with E-state index < -0.39 is 5.97 Å². The van der Waals surface area contributed by atoms with Crippen LogP contribution < -0.4 is 0 Å². The predicted molar refractivity (Wildman–Crippen MR) is 56.3 cm³/mol. The maximum absolute atomic E-state index is 10.3. The normalized spacial score (nSPS) is 14.1. The number of ether oxygens (including phenoxy) is 1. The summed E-state index contributed by atoms with van der Waals surface area (Å²) in [6.45, 7) is 7.17. The van der Waals surface area contributed by atoms with E-state index in [-0.39, 0.29) is 0 Å². The van der Waals surface area contributed by atoms with Gasteiger partial charge in [0.1, 0.15) is 0 Å². The Morgan fingerprint density at radius 3 is 2.71 bits per heavy atom. The van der Waals surface area contributed by atoms with E-state index in [9.17, 15) is 4.79 Å². The molecular formula is C11H20O3. The van der Waals surface area contributed by atoms with Crippen LogP contribution >= 0.6 is 0 Å². The van der Waals surface area contributed by atoms with Crippen molar-refractivity contribution in [3.63, 3.8) is 0 Å². The monoisotopic (exact) mass is 200 g/mol. The molecule has 0 aliphatic carbocycles. The first-order chi connectivity index (χ1) is 6.56. The van der Waals surface area contributed by atoms with E-state index in [1.165, 1.54) is 6.08 Å². The molecule has 0 aromatic rings. The summed E-state index contributed by atoms with van der Waals surface area (Å²) in [6.07, 6.45) is 3.50. The number of rotatable bonds is 7. The van der Waals surface area contributed by atoms with E-state index >= 15 is 0 Å². The topological polar surface area (TPSA) is 46.5 Å². The van der Waals surface area contributed by atoms with Crippen LogP contribution in [0.5, 0.6) is 0 Å². The maximum atomic E-state index is 10.3. The van der Waals surface area contributed by atoms with Crippen molar-refractivity contribution in [1.29, 1.82) is 0 Å². The highest BCUT2D eigenvalue weighted by Gasteiger charge is 2.01. The Morgan fingerprint density at radius 1 is 1.57 bits per heavy atom. The Balaban J connectivity index is 3.58. The van der Waals surface area contributed by atoms with Gasteiger partial charge in [0.2, 0.25) is 0 Å². The summed E-state index contributed by atoms with van der Waals surface area (Å²) < 4.78 is 5.38. The third-order valence-corrected chi connectivity index (χ3v) is 1.88. The molecule has 0 radical (unpaired) electrons. The van der Waals surface area contributed by atoms with Crippen molar-refractivity contribution in [3.05, 3.63) is 11.6 Å². The van der Waals surface area contributed by atoms with Crippen molar-refractivity contribution in [2.75, 3.05) is 13.2 Å². The fourth-order valence-electron chi connectivity index (χ4n) is 1.25. The Bertz CT molecular complexity index is 197. The smallest absolute Gasteiger partial charge is 0.328 e. The molecule has 0 bridgehead atoms. The van der Waals surface area contributed by atoms with Crippen molar-refractivity contribution >= 4 is 5.97 Å². The molecule has 3 heteroatoms. The summed E-state index contributed by atoms with van der Waals surface area (Å²) in [5, 5.41) is 8.44. The van der Waals surface area contributed by atoms with E-state index in [1.54, 1.807) is 6.92 Å². The van der Waals surface area contributed by atoms with Crippen LogP contribution in [-0.4, -0.2) is 24.3 Å². The Kier molecular flexibility index (Phi) is 7.11. The predicted octanol–water partition coefficient (Wildman–Crippen LogP) is 2.47. The lowest BCUT2D eigenvalue weighted by molar-refractivity contribution is -0.131. The van der Waals surface area contributed by atoms with E-state index in [4.69, 9.17) is 9.84 Å². The summed E-state index contributed by atoms with van der Waals surface area (Å²) in [4.78, 5) is 10.3. The zero-order chi connectivity index (χ0) is 11.0. The zero-order valence-corrected chi connectivity index (χ0v) is 9.25. The molecule has 0 amide bonds. The van der Waals surface area contributed by atoms with Crippen LogP contribution in [0.4, 0.5) is 0 Å². The molecule has 0 rings (SSSR count). The van der Waals surface area contributed by atoms with Crippen LogP contribution in [0.2, 0.25) is 0 Å². The minimum atomic E-state index is -0.910. The molecule has 1 unspecified atom stereocenters. The molecule has 0 aromatic heterocycles. The summed E-state index contributed by atoms with van der Waals surface area (Å²) >= 11 is 0. The lowest BCUT2D eigenvalue weighted by Gasteiger charge is -2.10. The molecule has 1 N–H and O–H groups in total. The molecule has 3 nitrogen and oxygen atoms in total. The molecule has 0 saturated heterocycles. The van der Waals surface area contributed by atoms with Crippen LogP contribution in [0.1, 0.15) is 33.6 Å². The average molecular weight is 200 g/mol. The summed E-state index contributed by atoms with van der Waals surface area (Å²) in [7, 11) is 0. The third-order valence-electron chi connectivity index (χ3n) is 1.88. The van der Waals surface area contributed by atoms with Crippen LogP contribution in [0.3, 0.4) is 0 Å². The van der Waals surface area contributed by atoms with Crippen molar-refractivity contribution < 1.29 is 14.6 Å². The van der Waals surface area contributed by atoms with E-state index in [2.05, 4.69) is 13.8 Å². The lowest BCUT2D eigenvalue weighted by atomic mass is 10.1. The van der Waals surface area contributed by atoms with Gasteiger partial charge in [0, 0.05) is 12.7 Å². The first-order valence-electron chi connectivity index (χ1n) is 5.04. The van der Waals surface area contributed by atoms with Gasteiger partial charge >= 0.3 is 5.97 Å². The van der Waals surface area contributed by atoms with Crippen LogP contribution in [-0.2, 0) is 9.53 Å². The van der Waals surface area contributed by atoms with Gasteiger partial charge < -0.3 is 9.84 Å². The molecule has 0 aliphatic rings. The highest BCUT2D eigenvalue weighted by Crippen LogP contribution is 2.05. The van der Waals surface area contributed by atoms with Gasteiger partial charge in [0.05, 0.1) is 6.61 Å². The van der Waals surface area contributed by atoms with Crippen molar-refractivity contribution in [1.82, 2.24) is 0 Å². The highest BCUT2D eigenvalue weighted by molar-refractivity contribution is 5.80. The van der Waals surface area contributed by atoms with Gasteiger partial charge in [-0.2, -0.15) is 0 Å². The molecule has 82 valence electrons. The second-order valence-corrected chi connectivity index (χ2v) is 3.74. The van der Waals surface area contributed by atoms with Crippen LogP contribution in [0, 0.1) is 5.92 Å². The van der Waals surface area contributed by atoms with Gasteiger partial charge in [0.15, 0.2) is 0 Å². The Labute approximate surface area is 85.8 Å². The van der Waals surface area contributed by atoms with Crippen molar-refractivity contribution in [2.24, 2.45) is 5.92 Å². The molecular weight excluding hydrogens is 180 g/mol. The molecule has 0 aliphatic heterocycles. The number of aliphatic carboxylic acids is 1. The van der Waals surface area contributed by atoms with E-state index in [0.29, 0.717) is 19.1 Å². The number of hydrogen-bond acceptors (Lipinski definition) is 2. The summed E-state index contributed by atoms with van der Waals surface area (Å²) in [6, 6.07) is 0. The van der Waals surface area contributed by atoms with Gasteiger partial charge in [-0.1, -0.05) is 20.3 Å². The third kappa shape index (κ3) is 7.80. The summed E-state index contributed by atoms with van der Waals surface area (Å²) in [5.41, 5.74) is 0.751. The van der Waals surface area contributed by atoms with Crippen molar-refractivity contribution in [2.45, 2.75) is 33.6 Å². The van der Waals surface area contributed by atoms with Gasteiger partial charge in [-0.05, 0) is 24.8 Å². The first-order valence-corrected chi connectivity index (χ1v) is 5.04. The number of hydrogen-bond donors (Lipinski definition) is 1. The molecule has 0 spiro atoms. The minimum absolute atomic E-state index is 0.417. The lowest BCUT2D eigenvalue weighted by Crippen LogP contribution is -2.07. The number of carboxylic acids is 1. The van der Waals surface area contributed by atoms with E-state index in [0.717, 1.165) is 18.4 Å². The van der Waals surface area contributed by atoms with Crippen molar-refractivity contribution in [3.8, 4) is 0 Å². The maximum Gasteiger partial charge on any atom is 0.328 e. The van der Waals surface area contributed by atoms with Gasteiger partial charge in [-0.25, -0.2) is 4.79 Å². The average Bonchev–Trinajstić information content (AvgIpc) is 2.02. The molecule has 0 saturated carbocycles. The van der Waals surface area contributed by atoms with E-state index in [1.807, 2.05) is 0 Å². The fraction of sp³-hybridized carbons (Fsp3) is 0.727. The largest absolute Gasteiger partial charge is 0.478 e.